The molecule has 0 bridgehead atoms. The van der Waals surface area contributed by atoms with Gasteiger partial charge in [0.2, 0.25) is 5.90 Å². The highest BCUT2D eigenvalue weighted by Gasteiger charge is 2.47. The third-order valence-corrected chi connectivity index (χ3v) is 8.01. The van der Waals surface area contributed by atoms with Gasteiger partial charge in [0.1, 0.15) is 5.54 Å². The van der Waals surface area contributed by atoms with Gasteiger partial charge in [-0.1, -0.05) is 38.1 Å². The maximum absolute atomic E-state index is 13.1. The second-order valence-electron chi connectivity index (χ2n) is 7.15. The molecule has 0 radical (unpaired) electrons. The fourth-order valence-electron chi connectivity index (χ4n) is 2.72. The van der Waals surface area contributed by atoms with Crippen molar-refractivity contribution in [2.24, 2.45) is 10.9 Å². The molecule has 1 aliphatic heterocycles. The van der Waals surface area contributed by atoms with Crippen LogP contribution in [0.5, 0.6) is 0 Å². The number of rotatable bonds is 3. The van der Waals surface area contributed by atoms with E-state index in [2.05, 4.69) is 4.99 Å². The van der Waals surface area contributed by atoms with E-state index in [0.717, 1.165) is 0 Å². The van der Waals surface area contributed by atoms with Crippen LogP contribution in [0.3, 0.4) is 0 Å². The number of aliphatic imine (C=N–C) groups is 1. The molecule has 1 aliphatic rings. The summed E-state index contributed by atoms with van der Waals surface area (Å²) in [5.41, 5.74) is -1.22. The molecule has 0 saturated carbocycles. The number of nitriles is 1. The first kappa shape index (κ1) is 20.3. The van der Waals surface area contributed by atoms with Crippen LogP contribution in [0.25, 0.3) is 10.8 Å². The van der Waals surface area contributed by atoms with Gasteiger partial charge < -0.3 is 4.84 Å². The van der Waals surface area contributed by atoms with Crippen molar-refractivity contribution in [2.45, 2.75) is 43.0 Å². The minimum atomic E-state index is -4.53. The summed E-state index contributed by atoms with van der Waals surface area (Å²) < 4.78 is 52.4. The third kappa shape index (κ3) is 3.15. The van der Waals surface area contributed by atoms with Gasteiger partial charge in [-0.05, 0) is 31.4 Å². The Balaban J connectivity index is 2.25. The van der Waals surface area contributed by atoms with E-state index in [9.17, 15) is 22.1 Å². The van der Waals surface area contributed by atoms with E-state index in [1.807, 2.05) is 6.07 Å². The summed E-state index contributed by atoms with van der Waals surface area (Å²) in [5, 5.41) is 9.83. The summed E-state index contributed by atoms with van der Waals surface area (Å²) in [6, 6.07) is 11.0. The second kappa shape index (κ2) is 6.55. The first-order valence-corrected chi connectivity index (χ1v) is 11.3. The molecular formula is C18H19N3O5S2. The normalized spacial score (nSPS) is 18.8. The van der Waals surface area contributed by atoms with E-state index in [0.29, 0.717) is 5.39 Å². The Morgan fingerprint density at radius 3 is 2.00 bits per heavy atom. The molecule has 0 saturated heterocycles. The molecule has 0 aliphatic carbocycles. The van der Waals surface area contributed by atoms with Crippen LogP contribution in [0, 0.1) is 17.2 Å². The lowest BCUT2D eigenvalue weighted by Gasteiger charge is -2.28. The molecule has 0 amide bonds. The summed E-state index contributed by atoms with van der Waals surface area (Å²) in [6.07, 6.45) is 0. The van der Waals surface area contributed by atoms with E-state index >= 15 is 0 Å². The van der Waals surface area contributed by atoms with Crippen molar-refractivity contribution in [3.05, 3.63) is 36.4 Å². The summed E-state index contributed by atoms with van der Waals surface area (Å²) in [7, 11) is -9.06. The third-order valence-electron chi connectivity index (χ3n) is 4.10. The van der Waals surface area contributed by atoms with Crippen LogP contribution in [-0.2, 0) is 24.9 Å². The monoisotopic (exact) mass is 421 g/mol. The van der Waals surface area contributed by atoms with Gasteiger partial charge in [-0.2, -0.15) is 5.26 Å². The average Bonchev–Trinajstić information content (AvgIpc) is 2.62. The Morgan fingerprint density at radius 1 is 1.07 bits per heavy atom. The van der Waals surface area contributed by atoms with Gasteiger partial charge in [0.25, 0.3) is 20.0 Å². The Kier molecular flexibility index (Phi) is 4.74. The molecule has 0 atom stereocenters. The zero-order valence-corrected chi connectivity index (χ0v) is 17.4. The second-order valence-corrected chi connectivity index (χ2v) is 10.8. The van der Waals surface area contributed by atoms with E-state index in [4.69, 9.17) is 4.84 Å². The molecule has 0 aromatic heterocycles. The van der Waals surface area contributed by atoms with Gasteiger partial charge in [0, 0.05) is 11.3 Å². The van der Waals surface area contributed by atoms with Crippen LogP contribution in [-0.4, -0.2) is 32.1 Å². The fourth-order valence-corrected chi connectivity index (χ4v) is 6.45. The van der Waals surface area contributed by atoms with Gasteiger partial charge in [0.15, 0.2) is 0 Å². The predicted octanol–water partition coefficient (Wildman–Crippen LogP) is 2.82. The fraction of sp³-hybridized carbons (Fsp3) is 0.333. The number of hydrogen-bond donors (Lipinski definition) is 0. The predicted molar refractivity (Wildman–Crippen MR) is 103 cm³/mol. The first-order chi connectivity index (χ1) is 12.9. The van der Waals surface area contributed by atoms with Crippen LogP contribution < -0.4 is 0 Å². The van der Waals surface area contributed by atoms with Gasteiger partial charge in [-0.25, -0.2) is 21.8 Å². The lowest BCUT2D eigenvalue weighted by molar-refractivity contribution is 0.0987. The zero-order valence-electron chi connectivity index (χ0n) is 15.7. The highest BCUT2D eigenvalue weighted by atomic mass is 32.3. The van der Waals surface area contributed by atoms with E-state index in [1.165, 1.54) is 38.1 Å². The summed E-state index contributed by atoms with van der Waals surface area (Å²) in [5.74, 6) is -0.642. The molecule has 28 heavy (non-hydrogen) atoms. The van der Waals surface area contributed by atoms with Gasteiger partial charge in [-0.3, -0.25) is 0 Å². The van der Waals surface area contributed by atoms with Crippen LogP contribution in [0.2, 0.25) is 0 Å². The topological polar surface area (TPSA) is 117 Å². The van der Waals surface area contributed by atoms with Crippen molar-refractivity contribution < 1.29 is 21.7 Å². The lowest BCUT2D eigenvalue weighted by Crippen LogP contribution is -2.42. The average molecular weight is 422 g/mol. The number of hydrogen-bond acceptors (Lipinski definition) is 7. The van der Waals surface area contributed by atoms with E-state index in [1.54, 1.807) is 26.0 Å². The maximum atomic E-state index is 13.1. The van der Waals surface area contributed by atoms with Crippen molar-refractivity contribution >= 4 is 36.7 Å². The molecule has 0 N–H and O–H groups in total. The molecule has 8 nitrogen and oxygen atoms in total. The zero-order chi connectivity index (χ0) is 20.9. The van der Waals surface area contributed by atoms with Crippen molar-refractivity contribution in [3.8, 4) is 6.07 Å². The molecule has 0 unspecified atom stereocenters. The Labute approximate surface area is 164 Å². The molecule has 2 aromatic carbocycles. The number of nitrogens with zero attached hydrogens (tertiary/aromatic N) is 3. The van der Waals surface area contributed by atoms with Crippen LogP contribution >= 0.6 is 0 Å². The van der Waals surface area contributed by atoms with Gasteiger partial charge >= 0.3 is 0 Å². The maximum Gasteiger partial charge on any atom is 0.289 e. The molecule has 10 heteroatoms. The van der Waals surface area contributed by atoms with Crippen molar-refractivity contribution in [1.82, 2.24) is 3.87 Å². The van der Waals surface area contributed by atoms with Crippen molar-refractivity contribution in [1.29, 1.82) is 5.26 Å². The first-order valence-electron chi connectivity index (χ1n) is 8.43. The van der Waals surface area contributed by atoms with E-state index in [-0.39, 0.29) is 24.9 Å². The quantitative estimate of drug-likeness (QED) is 0.556. The number of benzene rings is 2. The Bertz CT molecular complexity index is 1170. The molecule has 1 heterocycles. The summed E-state index contributed by atoms with van der Waals surface area (Å²) in [4.78, 5) is 9.15. The molecule has 0 fully saturated rings. The highest BCUT2D eigenvalue weighted by Crippen LogP contribution is 2.39. The van der Waals surface area contributed by atoms with E-state index < -0.39 is 31.5 Å². The molecular weight excluding hydrogens is 402 g/mol. The minimum Gasteiger partial charge on any atom is -0.360 e. The Morgan fingerprint density at radius 2 is 1.57 bits per heavy atom. The van der Waals surface area contributed by atoms with Crippen LogP contribution in [0.1, 0.15) is 27.7 Å². The van der Waals surface area contributed by atoms with Crippen LogP contribution in [0.15, 0.2) is 51.2 Å². The molecule has 3 rings (SSSR count). The van der Waals surface area contributed by atoms with Crippen LogP contribution in [0.4, 0.5) is 0 Å². The minimum absolute atomic E-state index is 0.00337. The highest BCUT2D eigenvalue weighted by molar-refractivity contribution is 8.04. The molecule has 148 valence electrons. The smallest absolute Gasteiger partial charge is 0.289 e. The van der Waals surface area contributed by atoms with Crippen molar-refractivity contribution in [3.63, 3.8) is 0 Å². The molecule has 0 spiro atoms. The summed E-state index contributed by atoms with van der Waals surface area (Å²) in [6.45, 7) is 6.33. The molecule has 2 aromatic rings. The lowest BCUT2D eigenvalue weighted by atomic mass is 10.1. The van der Waals surface area contributed by atoms with Crippen molar-refractivity contribution in [2.75, 3.05) is 0 Å². The summed E-state index contributed by atoms with van der Waals surface area (Å²) >= 11 is 0. The largest absolute Gasteiger partial charge is 0.360 e. The SMILES string of the molecule is CC(C)C(=NC(C)(C)C#N)ON1S(=O)(=O)c2cccc3cccc(c23)S1(=O)=O. The van der Waals surface area contributed by atoms with Gasteiger partial charge in [-0.15, -0.1) is 0 Å². The number of sulfonamides is 2. The standard InChI is InChI=1S/C18H19N3O5S2/c1-12(2)17(20-18(3,4)11-19)26-21-27(22,23)14-9-5-7-13-8-6-10-15(16(13)14)28(21,24)25/h5-10,12H,1-4H3. The Hall–Kier alpha value is -2.48. The van der Waals surface area contributed by atoms with Gasteiger partial charge in [0.05, 0.1) is 19.7 Å².